The van der Waals surface area contributed by atoms with Crippen LogP contribution in [-0.2, 0) is 0 Å². The van der Waals surface area contributed by atoms with Crippen LogP contribution in [0.3, 0.4) is 0 Å². The Labute approximate surface area is 86.1 Å². The second-order valence-corrected chi connectivity index (χ2v) is 3.35. The fourth-order valence-corrected chi connectivity index (χ4v) is 1.28. The highest BCUT2D eigenvalue weighted by molar-refractivity contribution is 6.30. The van der Waals surface area contributed by atoms with E-state index in [1.54, 1.807) is 29.2 Å². The Kier molecular flexibility index (Phi) is 2.05. The van der Waals surface area contributed by atoms with Crippen molar-refractivity contribution >= 4 is 23.0 Å². The molecule has 0 aliphatic heterocycles. The fourth-order valence-electron chi connectivity index (χ4n) is 1.15. The molecule has 72 valence electrons. The lowest BCUT2D eigenvalue weighted by Gasteiger charge is -2.04. The summed E-state index contributed by atoms with van der Waals surface area (Å²) >= 11 is 5.74. The van der Waals surface area contributed by atoms with E-state index in [4.69, 9.17) is 23.1 Å². The summed E-state index contributed by atoms with van der Waals surface area (Å²) in [7, 11) is 0. The van der Waals surface area contributed by atoms with E-state index in [2.05, 4.69) is 5.10 Å². The van der Waals surface area contributed by atoms with Gasteiger partial charge in [0.2, 0.25) is 0 Å². The monoisotopic (exact) mass is 208 g/mol. The maximum Gasteiger partial charge on any atom is 0.0790 e. The van der Waals surface area contributed by atoms with Gasteiger partial charge in [0.1, 0.15) is 0 Å². The molecule has 1 aromatic heterocycles. The Bertz CT molecular complexity index is 464. The quantitative estimate of drug-likeness (QED) is 0.701. The number of aromatic nitrogens is 2. The van der Waals surface area contributed by atoms with Crippen LogP contribution in [0.1, 0.15) is 0 Å². The van der Waals surface area contributed by atoms with E-state index in [0.717, 1.165) is 5.69 Å². The number of hydrogen-bond donors (Lipinski definition) is 2. The molecule has 0 bridgehead atoms. The fraction of sp³-hybridized carbons (Fsp3) is 0. The predicted octanol–water partition coefficient (Wildman–Crippen LogP) is 1.69. The SMILES string of the molecule is Nc1ccc(-n2cc(Cl)cn2)cc1N. The molecule has 0 spiro atoms. The highest BCUT2D eigenvalue weighted by Gasteiger charge is 2.01. The number of nitrogens with two attached hydrogens (primary N) is 2. The highest BCUT2D eigenvalue weighted by atomic mass is 35.5. The zero-order valence-electron chi connectivity index (χ0n) is 7.31. The Hall–Kier alpha value is -1.68. The zero-order valence-corrected chi connectivity index (χ0v) is 8.07. The van der Waals surface area contributed by atoms with Gasteiger partial charge in [-0.2, -0.15) is 5.10 Å². The molecular formula is C9H9ClN4. The summed E-state index contributed by atoms with van der Waals surface area (Å²) in [6, 6.07) is 5.31. The molecule has 0 radical (unpaired) electrons. The Morgan fingerprint density at radius 2 is 2.00 bits per heavy atom. The summed E-state index contributed by atoms with van der Waals surface area (Å²) in [5.74, 6) is 0. The number of hydrogen-bond acceptors (Lipinski definition) is 3. The maximum absolute atomic E-state index is 5.74. The zero-order chi connectivity index (χ0) is 10.1. The van der Waals surface area contributed by atoms with Crippen molar-refractivity contribution in [1.82, 2.24) is 9.78 Å². The smallest absolute Gasteiger partial charge is 0.0790 e. The van der Waals surface area contributed by atoms with Gasteiger partial charge in [0.05, 0.1) is 28.3 Å². The average molecular weight is 209 g/mol. The largest absolute Gasteiger partial charge is 0.397 e. The van der Waals surface area contributed by atoms with Gasteiger partial charge in [-0.3, -0.25) is 0 Å². The number of nitrogen functional groups attached to an aromatic ring is 2. The van der Waals surface area contributed by atoms with Crippen molar-refractivity contribution in [2.45, 2.75) is 0 Å². The second kappa shape index (κ2) is 3.23. The van der Waals surface area contributed by atoms with Crippen LogP contribution >= 0.6 is 11.6 Å². The Morgan fingerprint density at radius 1 is 1.21 bits per heavy atom. The third-order valence-corrected chi connectivity index (χ3v) is 2.08. The first-order chi connectivity index (χ1) is 6.66. The molecule has 0 aliphatic rings. The third-order valence-electron chi connectivity index (χ3n) is 1.89. The second-order valence-electron chi connectivity index (χ2n) is 2.92. The van der Waals surface area contributed by atoms with Crippen molar-refractivity contribution < 1.29 is 0 Å². The van der Waals surface area contributed by atoms with E-state index in [1.165, 1.54) is 0 Å². The Balaban J connectivity index is 2.47. The van der Waals surface area contributed by atoms with E-state index < -0.39 is 0 Å². The number of rotatable bonds is 1. The summed E-state index contributed by atoms with van der Waals surface area (Å²) in [6.07, 6.45) is 3.26. The first-order valence-corrected chi connectivity index (χ1v) is 4.40. The number of nitrogens with zero attached hydrogens (tertiary/aromatic N) is 2. The number of anilines is 2. The summed E-state index contributed by atoms with van der Waals surface area (Å²) in [6.45, 7) is 0. The predicted molar refractivity (Wildman–Crippen MR) is 57.4 cm³/mol. The molecule has 0 amide bonds. The third kappa shape index (κ3) is 1.52. The van der Waals surface area contributed by atoms with Crippen LogP contribution in [0, 0.1) is 0 Å². The highest BCUT2D eigenvalue weighted by Crippen LogP contribution is 2.19. The first kappa shape index (κ1) is 8.90. The average Bonchev–Trinajstić information content (AvgIpc) is 2.57. The lowest BCUT2D eigenvalue weighted by atomic mass is 10.2. The Morgan fingerprint density at radius 3 is 2.57 bits per heavy atom. The van der Waals surface area contributed by atoms with Crippen LogP contribution in [0.5, 0.6) is 0 Å². The van der Waals surface area contributed by atoms with Gasteiger partial charge in [-0.25, -0.2) is 4.68 Å². The van der Waals surface area contributed by atoms with Gasteiger partial charge in [-0.05, 0) is 18.2 Å². The van der Waals surface area contributed by atoms with Crippen LogP contribution in [0.25, 0.3) is 5.69 Å². The van der Waals surface area contributed by atoms with Crippen molar-refractivity contribution in [3.63, 3.8) is 0 Å². The van der Waals surface area contributed by atoms with Crippen LogP contribution in [0.4, 0.5) is 11.4 Å². The molecule has 0 unspecified atom stereocenters. The van der Waals surface area contributed by atoms with Gasteiger partial charge in [0.15, 0.2) is 0 Å². The summed E-state index contributed by atoms with van der Waals surface area (Å²) in [5.41, 5.74) is 13.2. The summed E-state index contributed by atoms with van der Waals surface area (Å²) in [4.78, 5) is 0. The molecule has 0 saturated heterocycles. The molecule has 0 aliphatic carbocycles. The molecule has 1 aromatic carbocycles. The van der Waals surface area contributed by atoms with E-state index in [-0.39, 0.29) is 0 Å². The number of benzene rings is 1. The van der Waals surface area contributed by atoms with Crippen molar-refractivity contribution in [2.75, 3.05) is 11.5 Å². The van der Waals surface area contributed by atoms with Crippen LogP contribution in [0.15, 0.2) is 30.6 Å². The summed E-state index contributed by atoms with van der Waals surface area (Å²) < 4.78 is 1.64. The standard InChI is InChI=1S/C9H9ClN4/c10-6-4-13-14(5-6)7-1-2-8(11)9(12)3-7/h1-5H,11-12H2. The lowest BCUT2D eigenvalue weighted by Crippen LogP contribution is -1.99. The van der Waals surface area contributed by atoms with E-state index >= 15 is 0 Å². The topological polar surface area (TPSA) is 69.9 Å². The van der Waals surface area contributed by atoms with Gasteiger partial charge in [0.25, 0.3) is 0 Å². The van der Waals surface area contributed by atoms with Gasteiger partial charge >= 0.3 is 0 Å². The van der Waals surface area contributed by atoms with Gasteiger partial charge in [-0.1, -0.05) is 11.6 Å². The normalized spacial score (nSPS) is 10.4. The molecule has 14 heavy (non-hydrogen) atoms. The van der Waals surface area contributed by atoms with E-state index in [0.29, 0.717) is 16.4 Å². The number of halogens is 1. The van der Waals surface area contributed by atoms with Crippen LogP contribution in [-0.4, -0.2) is 9.78 Å². The molecule has 4 nitrogen and oxygen atoms in total. The van der Waals surface area contributed by atoms with Crippen molar-refractivity contribution in [1.29, 1.82) is 0 Å². The lowest BCUT2D eigenvalue weighted by molar-refractivity contribution is 0.881. The van der Waals surface area contributed by atoms with E-state index in [9.17, 15) is 0 Å². The minimum atomic E-state index is 0.536. The molecule has 2 rings (SSSR count). The minimum Gasteiger partial charge on any atom is -0.397 e. The van der Waals surface area contributed by atoms with Gasteiger partial charge in [0, 0.05) is 6.20 Å². The van der Waals surface area contributed by atoms with Gasteiger partial charge < -0.3 is 11.5 Å². The molecule has 0 atom stereocenters. The molecule has 0 fully saturated rings. The van der Waals surface area contributed by atoms with Crippen molar-refractivity contribution in [2.24, 2.45) is 0 Å². The molecule has 1 heterocycles. The van der Waals surface area contributed by atoms with E-state index in [1.807, 2.05) is 6.07 Å². The summed E-state index contributed by atoms with van der Waals surface area (Å²) in [5, 5.41) is 4.63. The first-order valence-electron chi connectivity index (χ1n) is 4.02. The van der Waals surface area contributed by atoms with Crippen molar-refractivity contribution in [3.8, 4) is 5.69 Å². The molecule has 5 heteroatoms. The van der Waals surface area contributed by atoms with Crippen LogP contribution in [0.2, 0.25) is 5.02 Å². The molecule has 4 N–H and O–H groups in total. The molecule has 2 aromatic rings. The molecule has 0 saturated carbocycles. The molecular weight excluding hydrogens is 200 g/mol. The van der Waals surface area contributed by atoms with Gasteiger partial charge in [-0.15, -0.1) is 0 Å². The minimum absolute atomic E-state index is 0.536. The maximum atomic E-state index is 5.74. The van der Waals surface area contributed by atoms with Crippen LogP contribution < -0.4 is 11.5 Å². The van der Waals surface area contributed by atoms with Crippen molar-refractivity contribution in [3.05, 3.63) is 35.6 Å².